The number of ether oxygens (including phenoxy) is 1. The van der Waals surface area contributed by atoms with Crippen LogP contribution in [0, 0.1) is 11.7 Å². The summed E-state index contributed by atoms with van der Waals surface area (Å²) in [5, 5.41) is 13.0. The number of benzene rings is 1. The largest absolute Gasteiger partial charge is 0.472 e. The molecule has 2 heterocycles. The molecule has 8 nitrogen and oxygen atoms in total. The van der Waals surface area contributed by atoms with Crippen molar-refractivity contribution in [2.45, 2.75) is 64.1 Å². The Morgan fingerprint density at radius 1 is 1.27 bits per heavy atom. The lowest BCUT2D eigenvalue weighted by molar-refractivity contribution is 0.0351. The van der Waals surface area contributed by atoms with Crippen LogP contribution in [0.3, 0.4) is 0 Å². The fourth-order valence-electron chi connectivity index (χ4n) is 5.05. The van der Waals surface area contributed by atoms with Crippen LogP contribution in [0.1, 0.15) is 56.3 Å². The topological polar surface area (TPSA) is 95.0 Å². The van der Waals surface area contributed by atoms with Gasteiger partial charge in [0.15, 0.2) is 0 Å². The monoisotopic (exact) mass is 512 g/mol. The second-order valence-electron chi connectivity index (χ2n) is 10.3. The Bertz CT molecular complexity index is 1110. The lowest BCUT2D eigenvalue weighted by Gasteiger charge is -2.38. The number of aromatic nitrogens is 1. The molecule has 0 saturated heterocycles. The summed E-state index contributed by atoms with van der Waals surface area (Å²) in [7, 11) is 1.74. The highest BCUT2D eigenvalue weighted by atomic mass is 19.1. The first-order valence-corrected chi connectivity index (χ1v) is 13.1. The zero-order valence-corrected chi connectivity index (χ0v) is 21.8. The Morgan fingerprint density at radius 2 is 2.00 bits per heavy atom. The molecular weight excluding hydrogens is 475 g/mol. The van der Waals surface area contributed by atoms with Gasteiger partial charge in [0.1, 0.15) is 17.5 Å². The molecule has 0 unspecified atom stereocenters. The van der Waals surface area contributed by atoms with Gasteiger partial charge >= 0.3 is 6.03 Å². The van der Waals surface area contributed by atoms with E-state index in [1.807, 2.05) is 6.92 Å². The number of aliphatic hydroxyl groups is 1. The summed E-state index contributed by atoms with van der Waals surface area (Å²) in [5.41, 5.74) is 0.991. The third kappa shape index (κ3) is 6.21. The van der Waals surface area contributed by atoms with Crippen LogP contribution in [0.5, 0.6) is 5.88 Å². The second kappa shape index (κ2) is 11.9. The molecule has 0 spiro atoms. The van der Waals surface area contributed by atoms with Crippen molar-refractivity contribution in [3.05, 3.63) is 47.9 Å². The summed E-state index contributed by atoms with van der Waals surface area (Å²) in [6, 6.07) is 7.51. The second-order valence-corrected chi connectivity index (χ2v) is 10.3. The molecule has 3 amide bonds. The van der Waals surface area contributed by atoms with E-state index in [-0.39, 0.29) is 41.9 Å². The van der Waals surface area contributed by atoms with Crippen LogP contribution in [-0.4, -0.2) is 76.8 Å². The summed E-state index contributed by atoms with van der Waals surface area (Å²) >= 11 is 0. The Morgan fingerprint density at radius 3 is 2.70 bits per heavy atom. The maximum atomic E-state index is 14.5. The molecule has 1 saturated carbocycles. The normalized spacial score (nSPS) is 21.3. The van der Waals surface area contributed by atoms with Crippen molar-refractivity contribution >= 4 is 11.9 Å². The van der Waals surface area contributed by atoms with E-state index in [0.717, 1.165) is 25.7 Å². The van der Waals surface area contributed by atoms with E-state index in [4.69, 9.17) is 4.74 Å². The van der Waals surface area contributed by atoms with Gasteiger partial charge in [0.2, 0.25) is 5.88 Å². The standard InChI is InChI=1S/C28H37FN4O4/c1-18-15-33(19(2)17-34)27(35)23-13-20(22-11-7-8-12-24(22)29)14-30-26(23)37-25(18)16-32(3)28(36)31-21-9-5-4-6-10-21/h7-8,11-14,18-19,21,25,34H,4-6,9-10,15-17H2,1-3H3,(H,31,36)/t18-,19+,25-/m0/s1. The summed E-state index contributed by atoms with van der Waals surface area (Å²) in [5.74, 6) is -0.765. The summed E-state index contributed by atoms with van der Waals surface area (Å²) in [4.78, 5) is 34.1. The van der Waals surface area contributed by atoms with E-state index < -0.39 is 18.0 Å². The van der Waals surface area contributed by atoms with Crippen LogP contribution in [0.2, 0.25) is 0 Å². The number of carbonyl (C=O) groups excluding carboxylic acids is 2. The van der Waals surface area contributed by atoms with E-state index in [9.17, 15) is 19.1 Å². The highest BCUT2D eigenvalue weighted by molar-refractivity contribution is 5.98. The molecule has 1 aliphatic carbocycles. The quantitative estimate of drug-likeness (QED) is 0.608. The Kier molecular flexibility index (Phi) is 8.63. The average molecular weight is 513 g/mol. The SMILES string of the molecule is C[C@H](CO)N1C[C@H](C)[C@H](CN(C)C(=O)NC2CCCCC2)Oc2ncc(-c3ccccc3F)cc2C1=O. The fourth-order valence-corrected chi connectivity index (χ4v) is 5.05. The molecule has 3 atom stereocenters. The number of fused-ring (bicyclic) bond motifs is 1. The van der Waals surface area contributed by atoms with Crippen LogP contribution < -0.4 is 10.1 Å². The van der Waals surface area contributed by atoms with E-state index in [1.165, 1.54) is 18.7 Å². The van der Waals surface area contributed by atoms with Crippen LogP contribution in [-0.2, 0) is 0 Å². The van der Waals surface area contributed by atoms with Gasteiger partial charge in [0.25, 0.3) is 5.91 Å². The number of pyridine rings is 1. The number of hydrogen-bond acceptors (Lipinski definition) is 5. The van der Waals surface area contributed by atoms with Gasteiger partial charge in [-0.1, -0.05) is 44.4 Å². The van der Waals surface area contributed by atoms with Gasteiger partial charge < -0.3 is 25.0 Å². The van der Waals surface area contributed by atoms with Gasteiger partial charge in [-0.2, -0.15) is 0 Å². The summed E-state index contributed by atoms with van der Waals surface area (Å²) in [6.07, 6.45) is 6.49. The predicted octanol–water partition coefficient (Wildman–Crippen LogP) is 4.08. The number of hydrogen-bond donors (Lipinski definition) is 2. The number of amides is 3. The van der Waals surface area contributed by atoms with Gasteiger partial charge in [-0.3, -0.25) is 4.79 Å². The van der Waals surface area contributed by atoms with Crippen molar-refractivity contribution in [1.82, 2.24) is 20.1 Å². The molecule has 9 heteroatoms. The molecule has 2 aliphatic rings. The van der Waals surface area contributed by atoms with Gasteiger partial charge in [-0.05, 0) is 31.9 Å². The van der Waals surface area contributed by atoms with Gasteiger partial charge in [-0.25, -0.2) is 14.2 Å². The number of nitrogens with one attached hydrogen (secondary N) is 1. The van der Waals surface area contributed by atoms with Crippen LogP contribution >= 0.6 is 0 Å². The van der Waals surface area contributed by atoms with Gasteiger partial charge in [0, 0.05) is 42.9 Å². The minimum absolute atomic E-state index is 0.137. The van der Waals surface area contributed by atoms with Crippen molar-refractivity contribution in [2.24, 2.45) is 5.92 Å². The first-order valence-electron chi connectivity index (χ1n) is 13.1. The smallest absolute Gasteiger partial charge is 0.317 e. The minimum Gasteiger partial charge on any atom is -0.472 e. The number of urea groups is 1. The molecular formula is C28H37FN4O4. The number of halogens is 1. The Hall–Kier alpha value is -3.20. The maximum absolute atomic E-state index is 14.5. The van der Waals surface area contributed by atoms with E-state index in [0.29, 0.717) is 24.2 Å². The number of carbonyl (C=O) groups is 2. The van der Waals surface area contributed by atoms with Crippen molar-refractivity contribution in [3.63, 3.8) is 0 Å². The van der Waals surface area contributed by atoms with E-state index >= 15 is 0 Å². The lowest BCUT2D eigenvalue weighted by Crippen LogP contribution is -2.52. The number of rotatable bonds is 6. The fraction of sp³-hybridized carbons (Fsp3) is 0.536. The highest BCUT2D eigenvalue weighted by Crippen LogP contribution is 2.31. The number of nitrogens with zero attached hydrogens (tertiary/aromatic N) is 3. The van der Waals surface area contributed by atoms with E-state index in [2.05, 4.69) is 10.3 Å². The molecule has 1 aliphatic heterocycles. The maximum Gasteiger partial charge on any atom is 0.317 e. The summed E-state index contributed by atoms with van der Waals surface area (Å²) in [6.45, 7) is 4.15. The first-order chi connectivity index (χ1) is 17.8. The molecule has 0 radical (unpaired) electrons. The van der Waals surface area contributed by atoms with Crippen molar-refractivity contribution in [3.8, 4) is 17.0 Å². The molecule has 1 aromatic heterocycles. The third-order valence-corrected chi connectivity index (χ3v) is 7.44. The molecule has 200 valence electrons. The Balaban J connectivity index is 1.61. The Labute approximate surface area is 217 Å². The van der Waals surface area contributed by atoms with Crippen molar-refractivity contribution < 1.29 is 23.8 Å². The minimum atomic E-state index is -0.450. The zero-order chi connectivity index (χ0) is 26.5. The average Bonchev–Trinajstić information content (AvgIpc) is 2.90. The molecule has 37 heavy (non-hydrogen) atoms. The first kappa shape index (κ1) is 26.9. The molecule has 1 fully saturated rings. The number of aliphatic hydroxyl groups excluding tert-OH is 1. The molecule has 1 aromatic carbocycles. The number of likely N-dealkylation sites (N-methyl/N-ethyl adjacent to an activating group) is 1. The molecule has 2 aromatic rings. The lowest BCUT2D eigenvalue weighted by atomic mass is 9.96. The highest BCUT2D eigenvalue weighted by Gasteiger charge is 2.35. The molecule has 0 bridgehead atoms. The molecule has 4 rings (SSSR count). The molecule has 2 N–H and O–H groups in total. The van der Waals surface area contributed by atoms with Crippen LogP contribution in [0.25, 0.3) is 11.1 Å². The zero-order valence-electron chi connectivity index (χ0n) is 21.8. The van der Waals surface area contributed by atoms with Crippen LogP contribution in [0.15, 0.2) is 36.5 Å². The van der Waals surface area contributed by atoms with E-state index in [1.54, 1.807) is 48.0 Å². The van der Waals surface area contributed by atoms with Crippen molar-refractivity contribution in [2.75, 3.05) is 26.7 Å². The van der Waals surface area contributed by atoms with Gasteiger partial charge in [-0.15, -0.1) is 0 Å². The summed E-state index contributed by atoms with van der Waals surface area (Å²) < 4.78 is 20.8. The van der Waals surface area contributed by atoms with Gasteiger partial charge in [0.05, 0.1) is 19.2 Å². The van der Waals surface area contributed by atoms with Crippen molar-refractivity contribution in [1.29, 1.82) is 0 Å². The van der Waals surface area contributed by atoms with Crippen LogP contribution in [0.4, 0.5) is 9.18 Å². The predicted molar refractivity (Wildman–Crippen MR) is 139 cm³/mol. The third-order valence-electron chi connectivity index (χ3n) is 7.44.